The number of benzene rings is 2. The van der Waals surface area contributed by atoms with Gasteiger partial charge in [-0.3, -0.25) is 19.5 Å². The Morgan fingerprint density at radius 1 is 0.914 bits per heavy atom. The van der Waals surface area contributed by atoms with Gasteiger partial charge in [0, 0.05) is 26.2 Å². The zero-order valence-corrected chi connectivity index (χ0v) is 21.5. The average molecular weight is 494 g/mol. The highest BCUT2D eigenvalue weighted by atomic mass is 32.2. The van der Waals surface area contributed by atoms with Crippen molar-refractivity contribution in [2.24, 2.45) is 0 Å². The van der Waals surface area contributed by atoms with Crippen LogP contribution in [0.2, 0.25) is 0 Å². The van der Waals surface area contributed by atoms with Crippen LogP contribution in [0, 0.1) is 5.82 Å². The summed E-state index contributed by atoms with van der Waals surface area (Å²) >= 11 is 1.61. The van der Waals surface area contributed by atoms with E-state index in [1.54, 1.807) is 17.8 Å². The molecule has 186 valence electrons. The fourth-order valence-electron chi connectivity index (χ4n) is 6.10. The largest absolute Gasteiger partial charge is 0.290 e. The van der Waals surface area contributed by atoms with Crippen molar-refractivity contribution < 1.29 is 9.18 Å². The number of halogens is 1. The smallest absolute Gasteiger partial charge is 0.264 e. The lowest BCUT2D eigenvalue weighted by atomic mass is 9.99. The predicted octanol–water partition coefficient (Wildman–Crippen LogP) is 6.48. The second kappa shape index (κ2) is 10.9. The molecule has 0 spiro atoms. The highest BCUT2D eigenvalue weighted by molar-refractivity contribution is 8.04. The Balaban J connectivity index is 1.63. The molecule has 3 saturated heterocycles. The number of thioether (sulfide) groups is 1. The maximum absolute atomic E-state index is 14.4. The van der Waals surface area contributed by atoms with E-state index in [0.717, 1.165) is 43.7 Å². The van der Waals surface area contributed by atoms with Gasteiger partial charge in [-0.2, -0.15) is 0 Å². The molecular formula is C29H36FN3OS. The van der Waals surface area contributed by atoms with Crippen molar-refractivity contribution in [2.45, 2.75) is 63.0 Å². The number of hydrogen-bond donors (Lipinski definition) is 0. The molecule has 3 heterocycles. The quantitative estimate of drug-likeness (QED) is 0.431. The van der Waals surface area contributed by atoms with Crippen LogP contribution in [-0.2, 0) is 4.79 Å². The molecule has 0 N–H and O–H groups in total. The van der Waals surface area contributed by atoms with Crippen molar-refractivity contribution in [1.29, 1.82) is 0 Å². The average Bonchev–Trinajstić information content (AvgIpc) is 3.23. The first-order valence-electron chi connectivity index (χ1n) is 13.2. The third kappa shape index (κ3) is 4.81. The Kier molecular flexibility index (Phi) is 7.61. The highest BCUT2D eigenvalue weighted by Gasteiger charge is 2.55. The zero-order chi connectivity index (χ0) is 24.3. The van der Waals surface area contributed by atoms with E-state index in [1.807, 2.05) is 18.2 Å². The van der Waals surface area contributed by atoms with E-state index in [-0.39, 0.29) is 17.1 Å². The molecule has 0 saturated carbocycles. The molecule has 1 amide bonds. The van der Waals surface area contributed by atoms with Crippen molar-refractivity contribution >= 4 is 23.7 Å². The number of nitrogens with zero attached hydrogens (tertiary/aromatic N) is 3. The van der Waals surface area contributed by atoms with Crippen LogP contribution in [0.15, 0.2) is 59.5 Å². The van der Waals surface area contributed by atoms with Crippen LogP contribution in [0.1, 0.15) is 68.4 Å². The van der Waals surface area contributed by atoms with Gasteiger partial charge in [0.15, 0.2) is 5.79 Å². The zero-order valence-electron chi connectivity index (χ0n) is 20.7. The molecule has 2 aromatic rings. The van der Waals surface area contributed by atoms with Gasteiger partial charge in [0.05, 0.1) is 4.91 Å². The monoisotopic (exact) mass is 493 g/mol. The van der Waals surface area contributed by atoms with Gasteiger partial charge in [0.25, 0.3) is 5.91 Å². The standard InChI is InChI=1S/C29H36FN3OS/c1-2-29(31-17-8-4-9-18-31,32-19-10-5-11-20-32)33-27(34)26(22-23-13-12-16-25(30)21-23)35-28(33)24-14-6-3-7-15-24/h3,6-7,12-16,21-22,28H,2,4-5,8-11,17-20H2,1H3. The SMILES string of the molecule is CCC(N1CCCCC1)(N1CCCCC1)N1C(=O)C(=Cc2cccc(F)c2)SC1c1ccccc1. The van der Waals surface area contributed by atoms with Crippen LogP contribution in [0.5, 0.6) is 0 Å². The Bertz CT molecular complexity index is 1030. The highest BCUT2D eigenvalue weighted by Crippen LogP contribution is 2.52. The molecule has 35 heavy (non-hydrogen) atoms. The van der Waals surface area contributed by atoms with Crippen molar-refractivity contribution in [2.75, 3.05) is 26.2 Å². The van der Waals surface area contributed by atoms with Gasteiger partial charge in [0.1, 0.15) is 11.2 Å². The molecule has 1 unspecified atom stereocenters. The summed E-state index contributed by atoms with van der Waals surface area (Å²) in [6, 6.07) is 16.9. The van der Waals surface area contributed by atoms with Crippen LogP contribution >= 0.6 is 11.8 Å². The van der Waals surface area contributed by atoms with Gasteiger partial charge in [-0.05, 0) is 61.4 Å². The van der Waals surface area contributed by atoms with Crippen LogP contribution in [0.4, 0.5) is 4.39 Å². The molecule has 1 atom stereocenters. The number of carbonyl (C=O) groups excluding carboxylic acids is 1. The minimum absolute atomic E-state index is 0.0612. The predicted molar refractivity (Wildman–Crippen MR) is 142 cm³/mol. The number of likely N-dealkylation sites (tertiary alicyclic amines) is 2. The number of rotatable bonds is 6. The van der Waals surface area contributed by atoms with E-state index in [1.165, 1.54) is 50.7 Å². The molecule has 2 aromatic carbocycles. The van der Waals surface area contributed by atoms with Gasteiger partial charge in [-0.15, -0.1) is 0 Å². The van der Waals surface area contributed by atoms with E-state index in [4.69, 9.17) is 0 Å². The summed E-state index contributed by atoms with van der Waals surface area (Å²) in [5, 5.41) is -0.118. The fraction of sp³-hybridized carbons (Fsp3) is 0.483. The lowest BCUT2D eigenvalue weighted by Crippen LogP contribution is -2.71. The number of hydrogen-bond acceptors (Lipinski definition) is 4. The van der Waals surface area contributed by atoms with Gasteiger partial charge in [-0.1, -0.05) is 74.0 Å². The molecule has 0 radical (unpaired) electrons. The van der Waals surface area contributed by atoms with Crippen LogP contribution < -0.4 is 0 Å². The number of amides is 1. The van der Waals surface area contributed by atoms with Gasteiger partial charge in [0.2, 0.25) is 0 Å². The molecule has 0 aliphatic carbocycles. The topological polar surface area (TPSA) is 26.8 Å². The summed E-state index contributed by atoms with van der Waals surface area (Å²) in [5.74, 6) is -0.676. The first-order valence-corrected chi connectivity index (χ1v) is 14.0. The number of piperidine rings is 2. The second-order valence-corrected chi connectivity index (χ2v) is 11.0. The lowest BCUT2D eigenvalue weighted by molar-refractivity contribution is -0.192. The molecule has 0 aromatic heterocycles. The van der Waals surface area contributed by atoms with Crippen LogP contribution in [0.25, 0.3) is 6.08 Å². The molecule has 5 rings (SSSR count). The van der Waals surface area contributed by atoms with Crippen molar-refractivity contribution in [3.63, 3.8) is 0 Å². The Labute approximate surface area is 213 Å². The van der Waals surface area contributed by atoms with Gasteiger partial charge < -0.3 is 0 Å². The van der Waals surface area contributed by atoms with E-state index in [9.17, 15) is 9.18 Å². The summed E-state index contributed by atoms with van der Waals surface area (Å²) in [6.45, 7) is 6.32. The fourth-order valence-corrected chi connectivity index (χ4v) is 7.41. The summed E-state index contributed by atoms with van der Waals surface area (Å²) in [7, 11) is 0. The molecule has 3 fully saturated rings. The second-order valence-electron chi connectivity index (χ2n) is 9.84. The normalized spacial score (nSPS) is 23.8. The van der Waals surface area contributed by atoms with Crippen molar-refractivity contribution in [1.82, 2.24) is 14.7 Å². The van der Waals surface area contributed by atoms with E-state index in [2.05, 4.69) is 45.9 Å². The van der Waals surface area contributed by atoms with E-state index >= 15 is 0 Å². The Hall–Kier alpha value is -2.15. The summed E-state index contributed by atoms with van der Waals surface area (Å²) < 4.78 is 13.9. The van der Waals surface area contributed by atoms with Crippen LogP contribution in [0.3, 0.4) is 0 Å². The van der Waals surface area contributed by atoms with Crippen molar-refractivity contribution in [3.8, 4) is 0 Å². The lowest BCUT2D eigenvalue weighted by Gasteiger charge is -2.58. The summed E-state index contributed by atoms with van der Waals surface area (Å²) in [6.07, 6.45) is 9.94. The maximum Gasteiger partial charge on any atom is 0.264 e. The van der Waals surface area contributed by atoms with E-state index in [0.29, 0.717) is 4.91 Å². The maximum atomic E-state index is 14.4. The Morgan fingerprint density at radius 2 is 1.54 bits per heavy atom. The Morgan fingerprint density at radius 3 is 2.11 bits per heavy atom. The minimum Gasteiger partial charge on any atom is -0.290 e. The minimum atomic E-state index is -0.455. The molecule has 3 aliphatic rings. The van der Waals surface area contributed by atoms with Gasteiger partial charge >= 0.3 is 0 Å². The van der Waals surface area contributed by atoms with Crippen LogP contribution in [-0.4, -0.2) is 52.6 Å². The molecule has 0 bridgehead atoms. The third-order valence-corrected chi connectivity index (χ3v) is 8.97. The number of carbonyl (C=O) groups is 1. The molecule has 3 aliphatic heterocycles. The summed E-state index contributed by atoms with van der Waals surface area (Å²) in [4.78, 5) is 22.4. The molecular weight excluding hydrogens is 457 g/mol. The van der Waals surface area contributed by atoms with Crippen molar-refractivity contribution in [3.05, 3.63) is 76.4 Å². The molecule has 6 heteroatoms. The van der Waals surface area contributed by atoms with E-state index < -0.39 is 5.79 Å². The molecule has 4 nitrogen and oxygen atoms in total. The first kappa shape index (κ1) is 24.5. The third-order valence-electron chi connectivity index (χ3n) is 7.72. The first-order chi connectivity index (χ1) is 17.1. The summed E-state index contributed by atoms with van der Waals surface area (Å²) in [5.41, 5.74) is 1.87. The van der Waals surface area contributed by atoms with Gasteiger partial charge in [-0.25, -0.2) is 4.39 Å².